The first-order chi connectivity index (χ1) is 24.7. The number of nitrogens with zero attached hydrogens (tertiary/aromatic N) is 4. The molecule has 2 N–H and O–H groups in total. The number of H-pyrrole nitrogens is 1. The number of carbonyl (C=O) groups excluding carboxylic acids is 1. The van der Waals surface area contributed by atoms with E-state index in [9.17, 15) is 9.90 Å². The summed E-state index contributed by atoms with van der Waals surface area (Å²) in [7, 11) is -1.28. The van der Waals surface area contributed by atoms with Crippen molar-refractivity contribution >= 4 is 42.6 Å². The van der Waals surface area contributed by atoms with Crippen LogP contribution in [0.1, 0.15) is 52.0 Å². The number of hydrogen-bond acceptors (Lipinski definition) is 10. The Bertz CT molecular complexity index is 1720. The second-order valence-electron chi connectivity index (χ2n) is 17.2. The fourth-order valence-corrected chi connectivity index (χ4v) is 8.78. The van der Waals surface area contributed by atoms with Gasteiger partial charge in [0.1, 0.15) is 23.9 Å². The number of rotatable bonds is 9. The summed E-state index contributed by atoms with van der Waals surface area (Å²) >= 11 is 7.16. The third-order valence-corrected chi connectivity index (χ3v) is 13.1. The maximum absolute atomic E-state index is 12.6. The molecule has 284 valence electrons. The summed E-state index contributed by atoms with van der Waals surface area (Å²) in [4.78, 5) is 29.9. The monoisotopic (exact) mass is 755 g/mol. The minimum Gasteiger partial charge on any atom is -0.456 e. The number of nitrogens with one attached hydrogen (secondary N) is 1. The fraction of sp³-hybridized carbons (Fsp3) is 0.658. The second-order valence-corrected chi connectivity index (χ2v) is 23.2. The smallest absolute Gasteiger partial charge is 0.410 e. The molecule has 4 aliphatic rings. The number of likely N-dealkylation sites (tertiary alicyclic amines) is 1. The van der Waals surface area contributed by atoms with Crippen LogP contribution in [0.3, 0.4) is 0 Å². The molecule has 4 saturated heterocycles. The van der Waals surface area contributed by atoms with Crippen LogP contribution >= 0.6 is 11.6 Å². The molecule has 2 aromatic heterocycles. The number of anilines is 1. The molecule has 52 heavy (non-hydrogen) atoms. The highest BCUT2D eigenvalue weighted by Crippen LogP contribution is 2.43. The number of imidazole rings is 1. The normalized spacial score (nSPS) is 24.8. The van der Waals surface area contributed by atoms with Gasteiger partial charge in [-0.25, -0.2) is 9.78 Å². The van der Waals surface area contributed by atoms with E-state index >= 15 is 0 Å². The van der Waals surface area contributed by atoms with E-state index in [1.54, 1.807) is 0 Å². The zero-order valence-corrected chi connectivity index (χ0v) is 33.1. The van der Waals surface area contributed by atoms with E-state index in [-0.39, 0.29) is 24.2 Å². The van der Waals surface area contributed by atoms with Crippen molar-refractivity contribution in [3.8, 4) is 17.3 Å². The molecule has 4 fully saturated rings. The van der Waals surface area contributed by atoms with Crippen molar-refractivity contribution in [2.45, 2.75) is 109 Å². The predicted molar refractivity (Wildman–Crippen MR) is 203 cm³/mol. The summed E-state index contributed by atoms with van der Waals surface area (Å²) in [6, 6.07) is 9.80. The van der Waals surface area contributed by atoms with Crippen LogP contribution in [-0.2, 0) is 25.6 Å². The van der Waals surface area contributed by atoms with Crippen LogP contribution in [0.25, 0.3) is 22.4 Å². The molecule has 1 amide bonds. The summed E-state index contributed by atoms with van der Waals surface area (Å²) in [5.41, 5.74) is 4.46. The summed E-state index contributed by atoms with van der Waals surface area (Å²) in [5, 5.41) is 10.7. The third-order valence-electron chi connectivity index (χ3n) is 10.9. The first-order valence-electron chi connectivity index (χ1n) is 18.7. The van der Waals surface area contributed by atoms with Crippen LogP contribution in [0.15, 0.2) is 24.3 Å². The number of carbonyl (C=O) groups is 1. The Morgan fingerprint density at radius 3 is 2.37 bits per heavy atom. The number of aliphatic hydroxyl groups is 1. The Morgan fingerprint density at radius 1 is 1.02 bits per heavy atom. The number of amides is 1. The van der Waals surface area contributed by atoms with Crippen LogP contribution < -0.4 is 9.64 Å². The average molecular weight is 756 g/mol. The standard InChI is InChI=1S/C38H54ClN5O7Si/c1-37(2,3)51-36(46)44-17-13-38(14-18-44)11-15-43(16-12-38)25-9-7-24(8-10-25)30-29(39)26(21-47-19-20-52(4,5)6)31-34(40-30)42-35(41-31)50-28-23-49-32-27(45)22-48-33(28)32/h7-10,27-28,32-33,45H,11-23H2,1-6H3,(H,40,41,42)/t27-,28-,32-,33-/m1/s1. The molecule has 6 heterocycles. The minimum atomic E-state index is -1.28. The van der Waals surface area contributed by atoms with Crippen molar-refractivity contribution in [3.63, 3.8) is 0 Å². The van der Waals surface area contributed by atoms with Crippen LogP contribution in [0, 0.1) is 5.41 Å². The molecule has 0 radical (unpaired) electrons. The second kappa shape index (κ2) is 14.7. The Hall–Kier alpha value is -2.94. The quantitative estimate of drug-likeness (QED) is 0.181. The van der Waals surface area contributed by atoms with E-state index < -0.39 is 32.0 Å². The summed E-state index contributed by atoms with van der Waals surface area (Å²) in [6.45, 7) is 17.7. The van der Waals surface area contributed by atoms with Gasteiger partial charge in [-0.15, -0.1) is 0 Å². The average Bonchev–Trinajstić information content (AvgIpc) is 3.80. The number of aromatic nitrogens is 3. The predicted octanol–water partition coefficient (Wildman–Crippen LogP) is 6.66. The molecule has 4 aliphatic heterocycles. The van der Waals surface area contributed by atoms with Crippen LogP contribution in [0.2, 0.25) is 30.7 Å². The van der Waals surface area contributed by atoms with Crippen molar-refractivity contribution < 1.29 is 33.6 Å². The van der Waals surface area contributed by atoms with Crippen LogP contribution in [0.5, 0.6) is 6.01 Å². The zero-order chi connectivity index (χ0) is 36.8. The van der Waals surface area contributed by atoms with Crippen molar-refractivity contribution in [1.29, 1.82) is 0 Å². The van der Waals surface area contributed by atoms with Gasteiger partial charge < -0.3 is 43.6 Å². The van der Waals surface area contributed by atoms with Gasteiger partial charge in [0.2, 0.25) is 0 Å². The number of aliphatic hydroxyl groups excluding tert-OH is 1. The fourth-order valence-electron chi connectivity index (χ4n) is 7.72. The largest absolute Gasteiger partial charge is 0.456 e. The van der Waals surface area contributed by atoms with Crippen molar-refractivity contribution in [3.05, 3.63) is 34.9 Å². The van der Waals surface area contributed by atoms with Crippen molar-refractivity contribution in [1.82, 2.24) is 19.9 Å². The van der Waals surface area contributed by atoms with Gasteiger partial charge >= 0.3 is 6.09 Å². The van der Waals surface area contributed by atoms with Gasteiger partial charge in [0.05, 0.1) is 36.1 Å². The lowest BCUT2D eigenvalue weighted by Crippen LogP contribution is -2.49. The number of benzene rings is 1. The molecular weight excluding hydrogens is 702 g/mol. The van der Waals surface area contributed by atoms with E-state index in [0.717, 1.165) is 69.0 Å². The maximum atomic E-state index is 12.6. The van der Waals surface area contributed by atoms with Crippen molar-refractivity contribution in [2.24, 2.45) is 5.41 Å². The summed E-state index contributed by atoms with van der Waals surface area (Å²) < 4.78 is 29.5. The maximum Gasteiger partial charge on any atom is 0.410 e. The molecule has 0 aliphatic carbocycles. The molecule has 1 aromatic carbocycles. The first-order valence-corrected chi connectivity index (χ1v) is 22.8. The van der Waals surface area contributed by atoms with Crippen LogP contribution in [-0.4, -0.2) is 115 Å². The zero-order valence-electron chi connectivity index (χ0n) is 31.4. The molecular formula is C38H54ClN5O7Si. The van der Waals surface area contributed by atoms with Crippen LogP contribution in [0.4, 0.5) is 10.5 Å². The number of piperidine rings is 2. The van der Waals surface area contributed by atoms with E-state index in [2.05, 4.69) is 53.8 Å². The number of fused-ring (bicyclic) bond motifs is 2. The van der Waals surface area contributed by atoms with Gasteiger partial charge in [-0.2, -0.15) is 4.98 Å². The van der Waals surface area contributed by atoms with Crippen molar-refractivity contribution in [2.75, 3.05) is 50.9 Å². The summed E-state index contributed by atoms with van der Waals surface area (Å²) in [6.07, 6.45) is 2.21. The highest BCUT2D eigenvalue weighted by molar-refractivity contribution is 6.76. The van der Waals surface area contributed by atoms with Gasteiger partial charge in [-0.3, -0.25) is 0 Å². The van der Waals surface area contributed by atoms with E-state index in [1.165, 1.54) is 5.69 Å². The number of pyridine rings is 1. The van der Waals surface area contributed by atoms with Gasteiger partial charge in [0.25, 0.3) is 6.01 Å². The lowest BCUT2D eigenvalue weighted by molar-refractivity contribution is 0.00660. The molecule has 12 nitrogen and oxygen atoms in total. The molecule has 0 bridgehead atoms. The lowest BCUT2D eigenvalue weighted by atomic mass is 9.71. The molecule has 0 unspecified atom stereocenters. The molecule has 1 spiro atoms. The lowest BCUT2D eigenvalue weighted by Gasteiger charge is -2.47. The Balaban J connectivity index is 1.05. The molecule has 14 heteroatoms. The van der Waals surface area contributed by atoms with E-state index in [0.29, 0.717) is 47.7 Å². The number of hydrogen-bond donors (Lipinski definition) is 2. The molecule has 7 rings (SSSR count). The van der Waals surface area contributed by atoms with Gasteiger partial charge in [0, 0.05) is 57.7 Å². The highest BCUT2D eigenvalue weighted by Gasteiger charge is 2.49. The Labute approximate surface area is 312 Å². The van der Waals surface area contributed by atoms with E-state index in [1.807, 2.05) is 25.7 Å². The number of ether oxygens (including phenoxy) is 5. The molecule has 3 aromatic rings. The highest BCUT2D eigenvalue weighted by atomic mass is 35.5. The SMILES string of the molecule is CC(C)(C)OC(=O)N1CCC2(CC1)CCN(c1ccc(-c3nc4nc(O[C@@H]5CO[C@H]6[C@@H]5OC[C@H]6O)[nH]c4c(COCC[Si](C)(C)C)c3Cl)cc1)CC2. The first kappa shape index (κ1) is 37.4. The number of halogens is 1. The minimum absolute atomic E-state index is 0.200. The van der Waals surface area contributed by atoms with Gasteiger partial charge in [-0.1, -0.05) is 43.4 Å². The number of aromatic amines is 1. The Morgan fingerprint density at radius 2 is 1.69 bits per heavy atom. The molecule has 4 atom stereocenters. The summed E-state index contributed by atoms with van der Waals surface area (Å²) in [5.74, 6) is 0. The molecule has 0 saturated carbocycles. The topological polar surface area (TPSA) is 132 Å². The third kappa shape index (κ3) is 8.24. The Kier molecular flexibility index (Phi) is 10.6. The van der Waals surface area contributed by atoms with E-state index in [4.69, 9.17) is 45.3 Å². The van der Waals surface area contributed by atoms with Gasteiger partial charge in [0.15, 0.2) is 11.8 Å². The van der Waals surface area contributed by atoms with Gasteiger partial charge in [-0.05, 0) is 70.0 Å².